The van der Waals surface area contributed by atoms with Gasteiger partial charge in [0.15, 0.2) is 0 Å². The summed E-state index contributed by atoms with van der Waals surface area (Å²) < 4.78 is 5.31. The molecule has 0 heterocycles. The Morgan fingerprint density at radius 1 is 1.27 bits per heavy atom. The van der Waals surface area contributed by atoms with E-state index < -0.39 is 0 Å². The third-order valence-electron chi connectivity index (χ3n) is 4.56. The topological polar surface area (TPSA) is 35.2 Å². The fourth-order valence-corrected chi connectivity index (χ4v) is 2.54. The summed E-state index contributed by atoms with van der Waals surface area (Å²) >= 11 is 0. The van der Waals surface area contributed by atoms with E-state index in [9.17, 15) is 0 Å². The lowest BCUT2D eigenvalue weighted by Crippen LogP contribution is -2.25. The number of benzene rings is 1. The van der Waals surface area contributed by atoms with Crippen molar-refractivity contribution < 1.29 is 4.74 Å². The normalized spacial score (nSPS) is 18.1. The number of aryl methyl sites for hydroxylation is 1. The average Bonchev–Trinajstić information content (AvgIpc) is 2.51. The zero-order valence-electron chi connectivity index (χ0n) is 15.2. The number of allylic oxidation sites excluding steroid dienone is 1. The molecular weight excluding hydrogens is 270 g/mol. The lowest BCUT2D eigenvalue weighted by Gasteiger charge is -2.25. The Bertz CT molecular complexity index is 502. The summed E-state index contributed by atoms with van der Waals surface area (Å²) in [6, 6.07) is 6.49. The summed E-state index contributed by atoms with van der Waals surface area (Å²) in [4.78, 5) is 0. The van der Waals surface area contributed by atoms with Crippen molar-refractivity contribution in [3.05, 3.63) is 34.9 Å². The van der Waals surface area contributed by atoms with Crippen LogP contribution in [0, 0.1) is 12.8 Å². The molecule has 2 heteroatoms. The van der Waals surface area contributed by atoms with E-state index in [4.69, 9.17) is 10.5 Å². The molecule has 0 aliphatic heterocycles. The van der Waals surface area contributed by atoms with Crippen molar-refractivity contribution in [2.24, 2.45) is 11.7 Å². The highest BCUT2D eigenvalue weighted by Gasteiger charge is 2.18. The Labute approximate surface area is 136 Å². The van der Waals surface area contributed by atoms with E-state index in [2.05, 4.69) is 46.8 Å². The summed E-state index contributed by atoms with van der Waals surface area (Å²) in [5.41, 5.74) is 11.5. The Balaban J connectivity index is 0.000000422. The molecule has 124 valence electrons. The first kappa shape index (κ1) is 18.8. The Morgan fingerprint density at radius 3 is 2.45 bits per heavy atom. The summed E-state index contributed by atoms with van der Waals surface area (Å²) in [5.74, 6) is 1.81. The lowest BCUT2D eigenvalue weighted by atomic mass is 9.84. The summed E-state index contributed by atoms with van der Waals surface area (Å²) in [7, 11) is 1.71. The van der Waals surface area contributed by atoms with Crippen molar-refractivity contribution in [3.63, 3.8) is 0 Å². The number of rotatable bonds is 3. The third kappa shape index (κ3) is 5.17. The lowest BCUT2D eigenvalue weighted by molar-refractivity contribution is 0.414. The van der Waals surface area contributed by atoms with E-state index in [1.807, 2.05) is 6.07 Å². The van der Waals surface area contributed by atoms with Gasteiger partial charge >= 0.3 is 0 Å². The van der Waals surface area contributed by atoms with Gasteiger partial charge in [0.1, 0.15) is 5.75 Å². The van der Waals surface area contributed by atoms with Crippen LogP contribution in [0.2, 0.25) is 0 Å². The molecule has 0 saturated heterocycles. The number of hydrogen-bond donors (Lipinski definition) is 1. The summed E-state index contributed by atoms with van der Waals surface area (Å²) in [5, 5.41) is 0. The zero-order chi connectivity index (χ0) is 16.7. The second-order valence-corrected chi connectivity index (χ2v) is 6.64. The van der Waals surface area contributed by atoms with Gasteiger partial charge in [-0.3, -0.25) is 0 Å². The average molecular weight is 303 g/mol. The minimum absolute atomic E-state index is 0.226. The molecule has 1 unspecified atom stereocenters. The van der Waals surface area contributed by atoms with Crippen LogP contribution < -0.4 is 10.5 Å². The molecular formula is C20H33NO. The van der Waals surface area contributed by atoms with Crippen LogP contribution in [0.3, 0.4) is 0 Å². The molecule has 1 aromatic carbocycles. The maximum absolute atomic E-state index is 6.14. The van der Waals surface area contributed by atoms with E-state index in [1.54, 1.807) is 7.11 Å². The molecule has 0 radical (unpaired) electrons. The second-order valence-electron chi connectivity index (χ2n) is 6.64. The van der Waals surface area contributed by atoms with Gasteiger partial charge in [-0.15, -0.1) is 0 Å². The van der Waals surface area contributed by atoms with Crippen molar-refractivity contribution in [1.29, 1.82) is 0 Å². The molecule has 2 rings (SSSR count). The molecule has 2 N–H and O–H groups in total. The van der Waals surface area contributed by atoms with Crippen molar-refractivity contribution in [1.82, 2.24) is 0 Å². The zero-order valence-corrected chi connectivity index (χ0v) is 15.2. The highest BCUT2D eigenvalue weighted by Crippen LogP contribution is 2.34. The quantitative estimate of drug-likeness (QED) is 0.818. The van der Waals surface area contributed by atoms with Gasteiger partial charge in [0, 0.05) is 6.04 Å². The largest absolute Gasteiger partial charge is 0.497 e. The first-order valence-electron chi connectivity index (χ1n) is 8.50. The molecule has 1 aliphatic carbocycles. The smallest absolute Gasteiger partial charge is 0.119 e. The highest BCUT2D eigenvalue weighted by atomic mass is 16.5. The van der Waals surface area contributed by atoms with Crippen LogP contribution in [0.4, 0.5) is 0 Å². The van der Waals surface area contributed by atoms with Gasteiger partial charge in [-0.05, 0) is 67.9 Å². The first-order chi connectivity index (χ1) is 10.4. The fourth-order valence-electron chi connectivity index (χ4n) is 2.54. The van der Waals surface area contributed by atoms with E-state index in [0.29, 0.717) is 0 Å². The van der Waals surface area contributed by atoms with Crippen molar-refractivity contribution in [3.8, 4) is 5.75 Å². The van der Waals surface area contributed by atoms with Gasteiger partial charge < -0.3 is 10.5 Å². The number of methoxy groups -OCH3 is 1. The monoisotopic (exact) mass is 303 g/mol. The molecule has 1 atom stereocenters. The predicted octanol–water partition coefficient (Wildman–Crippen LogP) is 5.34. The molecule has 0 amide bonds. The van der Waals surface area contributed by atoms with E-state index in [-0.39, 0.29) is 6.04 Å². The van der Waals surface area contributed by atoms with Gasteiger partial charge in [0.2, 0.25) is 0 Å². The molecule has 0 aromatic heterocycles. The van der Waals surface area contributed by atoms with Crippen molar-refractivity contribution >= 4 is 5.57 Å². The number of nitrogens with two attached hydrogens (primary N) is 1. The van der Waals surface area contributed by atoms with Gasteiger partial charge in [-0.1, -0.05) is 38.8 Å². The third-order valence-corrected chi connectivity index (χ3v) is 4.56. The molecule has 1 aromatic rings. The number of ether oxygens (including phenoxy) is 1. The number of hydrogen-bond acceptors (Lipinski definition) is 2. The maximum atomic E-state index is 6.14. The molecule has 0 bridgehead atoms. The van der Waals surface area contributed by atoms with Gasteiger partial charge in [-0.25, -0.2) is 0 Å². The maximum Gasteiger partial charge on any atom is 0.119 e. The molecule has 2 nitrogen and oxygen atoms in total. The molecule has 0 fully saturated rings. The van der Waals surface area contributed by atoms with Gasteiger partial charge in [0.05, 0.1) is 7.11 Å². The van der Waals surface area contributed by atoms with Crippen LogP contribution >= 0.6 is 0 Å². The fraction of sp³-hybridized carbons (Fsp3) is 0.600. The van der Waals surface area contributed by atoms with Crippen LogP contribution in [0.5, 0.6) is 5.75 Å². The van der Waals surface area contributed by atoms with Crippen molar-refractivity contribution in [2.75, 3.05) is 7.11 Å². The van der Waals surface area contributed by atoms with Crippen LogP contribution in [0.1, 0.15) is 64.5 Å². The Hall–Kier alpha value is -1.28. The Morgan fingerprint density at radius 2 is 1.91 bits per heavy atom. The summed E-state index contributed by atoms with van der Waals surface area (Å²) in [6.45, 7) is 11.0. The van der Waals surface area contributed by atoms with E-state index >= 15 is 0 Å². The van der Waals surface area contributed by atoms with Gasteiger partial charge in [-0.2, -0.15) is 0 Å². The molecule has 0 saturated carbocycles. The summed E-state index contributed by atoms with van der Waals surface area (Å²) in [6.07, 6.45) is 4.73. The molecule has 0 spiro atoms. The highest BCUT2D eigenvalue weighted by molar-refractivity contribution is 5.73. The van der Waals surface area contributed by atoms with Crippen LogP contribution in [-0.2, 0) is 0 Å². The van der Waals surface area contributed by atoms with E-state index in [1.165, 1.54) is 35.1 Å². The standard InChI is InChI=1S/C15H21NO.C5H12/c1-10-7-8-12(17-3)9-14(10)13-5-4-6-15(16)11(13)2;1-4-5(2)3/h7-9,15H,4-6,16H2,1-3H3;5H,4H2,1-3H3. The van der Waals surface area contributed by atoms with E-state index in [0.717, 1.165) is 24.5 Å². The van der Waals surface area contributed by atoms with Crippen molar-refractivity contribution in [2.45, 2.75) is 66.3 Å². The molecule has 1 aliphatic rings. The SMILES string of the molecule is CCC(C)C.COc1ccc(C)c(C2=C(C)C(N)CCC2)c1. The van der Waals surface area contributed by atoms with Gasteiger partial charge in [0.25, 0.3) is 0 Å². The van der Waals surface area contributed by atoms with Crippen LogP contribution in [0.15, 0.2) is 23.8 Å². The minimum atomic E-state index is 0.226. The van der Waals surface area contributed by atoms with Crippen LogP contribution in [0.25, 0.3) is 5.57 Å². The second kappa shape index (κ2) is 8.99. The predicted molar refractivity (Wildman–Crippen MR) is 97.3 cm³/mol. The Kier molecular flexibility index (Phi) is 7.67. The minimum Gasteiger partial charge on any atom is -0.497 e. The van der Waals surface area contributed by atoms with Crippen LogP contribution in [-0.4, -0.2) is 13.2 Å². The molecule has 22 heavy (non-hydrogen) atoms. The first-order valence-corrected chi connectivity index (χ1v) is 8.50.